The summed E-state index contributed by atoms with van der Waals surface area (Å²) >= 11 is 8.79. The molecule has 88 valence electrons. The molecule has 0 spiro atoms. The van der Waals surface area contributed by atoms with Gasteiger partial charge in [0.1, 0.15) is 5.82 Å². The van der Waals surface area contributed by atoms with E-state index >= 15 is 0 Å². The average Bonchev–Trinajstić information content (AvgIpc) is 2.70. The number of ketones is 1. The largest absolute Gasteiger partial charge is 0.442 e. The number of rotatable bonds is 3. The van der Waals surface area contributed by atoms with E-state index in [1.807, 2.05) is 0 Å². The van der Waals surface area contributed by atoms with Gasteiger partial charge >= 0.3 is 0 Å². The molecule has 0 amide bonds. The third-order valence-electron chi connectivity index (χ3n) is 2.21. The highest BCUT2D eigenvalue weighted by molar-refractivity contribution is 9.10. The molecule has 2 nitrogen and oxygen atoms in total. The first-order valence-corrected chi connectivity index (χ1v) is 5.96. The van der Waals surface area contributed by atoms with Gasteiger partial charge in [0.25, 0.3) is 0 Å². The standard InChI is InChI=1S/C12H7BrClFO2/c13-8-1-2-9(15)7(5-8)6-10(16)11-3-4-12(14)17-11/h1-5H,6H2. The number of hydrogen-bond donors (Lipinski definition) is 0. The Morgan fingerprint density at radius 1 is 1.35 bits per heavy atom. The van der Waals surface area contributed by atoms with Gasteiger partial charge in [-0.2, -0.15) is 0 Å². The lowest BCUT2D eigenvalue weighted by atomic mass is 10.1. The van der Waals surface area contributed by atoms with Crippen LogP contribution >= 0.6 is 27.5 Å². The number of carbonyl (C=O) groups is 1. The van der Waals surface area contributed by atoms with Crippen molar-refractivity contribution >= 4 is 33.3 Å². The molecule has 0 radical (unpaired) electrons. The summed E-state index contributed by atoms with van der Waals surface area (Å²) in [6, 6.07) is 7.40. The van der Waals surface area contributed by atoms with Crippen LogP contribution in [0.4, 0.5) is 4.39 Å². The Morgan fingerprint density at radius 2 is 2.12 bits per heavy atom. The van der Waals surface area contributed by atoms with Crippen molar-refractivity contribution in [2.45, 2.75) is 6.42 Å². The lowest BCUT2D eigenvalue weighted by molar-refractivity contribution is 0.0965. The number of halogens is 3. The molecular weight excluding hydrogens is 310 g/mol. The van der Waals surface area contributed by atoms with Crippen LogP contribution in [-0.2, 0) is 6.42 Å². The molecule has 0 aliphatic rings. The van der Waals surface area contributed by atoms with Gasteiger partial charge in [-0.1, -0.05) is 15.9 Å². The number of Topliss-reactive ketones (excluding diaryl/α,β-unsaturated/α-hetero) is 1. The fourth-order valence-corrected chi connectivity index (χ4v) is 1.96. The highest BCUT2D eigenvalue weighted by Crippen LogP contribution is 2.19. The summed E-state index contributed by atoms with van der Waals surface area (Å²) in [5.41, 5.74) is 0.317. The summed E-state index contributed by atoms with van der Waals surface area (Å²) in [6.07, 6.45) is -0.0604. The van der Waals surface area contributed by atoms with Gasteiger partial charge in [-0.25, -0.2) is 4.39 Å². The highest BCUT2D eigenvalue weighted by Gasteiger charge is 2.14. The van der Waals surface area contributed by atoms with Crippen molar-refractivity contribution < 1.29 is 13.6 Å². The Labute approximate surface area is 111 Å². The van der Waals surface area contributed by atoms with Crippen LogP contribution in [0.15, 0.2) is 39.2 Å². The molecule has 17 heavy (non-hydrogen) atoms. The molecule has 0 bridgehead atoms. The van der Waals surface area contributed by atoms with Crippen LogP contribution in [0, 0.1) is 5.82 Å². The van der Waals surface area contributed by atoms with Crippen molar-refractivity contribution in [1.82, 2.24) is 0 Å². The van der Waals surface area contributed by atoms with Gasteiger partial charge < -0.3 is 4.42 Å². The molecular formula is C12H7BrClFO2. The molecule has 1 aromatic carbocycles. The van der Waals surface area contributed by atoms with E-state index in [0.29, 0.717) is 5.56 Å². The maximum atomic E-state index is 13.4. The maximum absolute atomic E-state index is 13.4. The predicted octanol–water partition coefficient (Wildman–Crippen LogP) is 4.26. The lowest BCUT2D eigenvalue weighted by Crippen LogP contribution is -2.04. The van der Waals surface area contributed by atoms with Gasteiger partial charge in [0.2, 0.25) is 5.78 Å². The van der Waals surface area contributed by atoms with Crippen LogP contribution in [0.2, 0.25) is 5.22 Å². The van der Waals surface area contributed by atoms with E-state index in [1.165, 1.54) is 18.2 Å². The van der Waals surface area contributed by atoms with Crippen LogP contribution in [-0.4, -0.2) is 5.78 Å². The molecule has 1 aromatic heterocycles. The van der Waals surface area contributed by atoms with Gasteiger partial charge in [0.05, 0.1) is 0 Å². The van der Waals surface area contributed by atoms with Gasteiger partial charge in [-0.05, 0) is 47.5 Å². The van der Waals surface area contributed by atoms with Crippen molar-refractivity contribution in [3.05, 3.63) is 57.2 Å². The monoisotopic (exact) mass is 316 g/mol. The first-order valence-electron chi connectivity index (χ1n) is 4.79. The molecule has 0 fully saturated rings. The van der Waals surface area contributed by atoms with Crippen molar-refractivity contribution in [2.24, 2.45) is 0 Å². The van der Waals surface area contributed by atoms with Crippen molar-refractivity contribution in [2.75, 3.05) is 0 Å². The molecule has 1 heterocycles. The molecule has 0 unspecified atom stereocenters. The third kappa shape index (κ3) is 2.96. The number of carbonyl (C=O) groups excluding carboxylic acids is 1. The molecule has 0 atom stereocenters. The van der Waals surface area contributed by atoms with Crippen molar-refractivity contribution in [3.8, 4) is 0 Å². The minimum absolute atomic E-state index is 0.0604. The Balaban J connectivity index is 2.21. The third-order valence-corrected chi connectivity index (χ3v) is 2.90. The summed E-state index contributed by atoms with van der Waals surface area (Å²) in [5.74, 6) is -0.595. The Morgan fingerprint density at radius 3 is 2.76 bits per heavy atom. The molecule has 5 heteroatoms. The second kappa shape index (κ2) is 5.02. The zero-order valence-electron chi connectivity index (χ0n) is 8.54. The summed E-state index contributed by atoms with van der Waals surface area (Å²) in [5, 5.41) is 0.142. The van der Waals surface area contributed by atoms with Crippen LogP contribution in [0.5, 0.6) is 0 Å². The molecule has 0 saturated heterocycles. The Bertz CT molecular complexity index is 565. The fraction of sp³-hybridized carbons (Fsp3) is 0.0833. The van der Waals surface area contributed by atoms with Crippen LogP contribution in [0.1, 0.15) is 16.1 Å². The number of hydrogen-bond acceptors (Lipinski definition) is 2. The second-order valence-corrected chi connectivity index (χ2v) is 4.73. The molecule has 2 rings (SSSR count). The highest BCUT2D eigenvalue weighted by atomic mass is 79.9. The normalized spacial score (nSPS) is 10.5. The predicted molar refractivity (Wildman–Crippen MR) is 65.9 cm³/mol. The zero-order valence-corrected chi connectivity index (χ0v) is 10.9. The van der Waals surface area contributed by atoms with E-state index in [4.69, 9.17) is 16.0 Å². The van der Waals surface area contributed by atoms with Gasteiger partial charge in [-0.3, -0.25) is 4.79 Å². The zero-order chi connectivity index (χ0) is 12.4. The lowest BCUT2D eigenvalue weighted by Gasteiger charge is -2.01. The van der Waals surface area contributed by atoms with Crippen LogP contribution in [0.25, 0.3) is 0 Å². The molecule has 0 N–H and O–H groups in total. The minimum atomic E-state index is -0.417. The quantitative estimate of drug-likeness (QED) is 0.792. The summed E-state index contributed by atoms with van der Waals surface area (Å²) in [7, 11) is 0. The van der Waals surface area contributed by atoms with Crippen molar-refractivity contribution in [3.63, 3.8) is 0 Å². The van der Waals surface area contributed by atoms with Crippen LogP contribution < -0.4 is 0 Å². The molecule has 0 aliphatic carbocycles. The smallest absolute Gasteiger partial charge is 0.202 e. The van der Waals surface area contributed by atoms with E-state index in [1.54, 1.807) is 12.1 Å². The molecule has 2 aromatic rings. The van der Waals surface area contributed by atoms with E-state index in [9.17, 15) is 9.18 Å². The fourth-order valence-electron chi connectivity index (χ4n) is 1.40. The Hall–Kier alpha value is -1.13. The summed E-state index contributed by atoms with van der Waals surface area (Å²) in [4.78, 5) is 11.8. The van der Waals surface area contributed by atoms with Gasteiger partial charge in [0.15, 0.2) is 11.0 Å². The molecule has 0 saturated carbocycles. The van der Waals surface area contributed by atoms with Crippen molar-refractivity contribution in [1.29, 1.82) is 0 Å². The maximum Gasteiger partial charge on any atom is 0.202 e. The first kappa shape index (κ1) is 12.3. The van der Waals surface area contributed by atoms with Gasteiger partial charge in [0, 0.05) is 10.9 Å². The van der Waals surface area contributed by atoms with E-state index in [-0.39, 0.29) is 23.2 Å². The Kier molecular flexibility index (Phi) is 3.64. The van der Waals surface area contributed by atoms with Crippen LogP contribution in [0.3, 0.4) is 0 Å². The first-order chi connectivity index (χ1) is 8.06. The average molecular weight is 318 g/mol. The second-order valence-electron chi connectivity index (χ2n) is 3.44. The topological polar surface area (TPSA) is 30.2 Å². The molecule has 0 aliphatic heterocycles. The van der Waals surface area contributed by atoms with E-state index < -0.39 is 5.82 Å². The van der Waals surface area contributed by atoms with Gasteiger partial charge in [-0.15, -0.1) is 0 Å². The summed E-state index contributed by atoms with van der Waals surface area (Å²) < 4.78 is 19.1. The van der Waals surface area contributed by atoms with E-state index in [0.717, 1.165) is 4.47 Å². The van der Waals surface area contributed by atoms with E-state index in [2.05, 4.69) is 15.9 Å². The number of furan rings is 1. The minimum Gasteiger partial charge on any atom is -0.442 e. The SMILES string of the molecule is O=C(Cc1cc(Br)ccc1F)c1ccc(Cl)o1. The summed E-state index contributed by atoms with van der Waals surface area (Å²) in [6.45, 7) is 0. The number of benzene rings is 1.